The minimum Gasteiger partial charge on any atom is -0.474 e. The van der Waals surface area contributed by atoms with Crippen LogP contribution in [0.2, 0.25) is 0 Å². The first-order valence-electron chi connectivity index (χ1n) is 14.0. The second-order valence-corrected chi connectivity index (χ2v) is 11.5. The predicted molar refractivity (Wildman–Crippen MR) is 150 cm³/mol. The second kappa shape index (κ2) is 9.53. The number of hydrogen-bond donors (Lipinski definition) is 2. The first-order valence-corrected chi connectivity index (χ1v) is 14.0. The van der Waals surface area contributed by atoms with Gasteiger partial charge in [0, 0.05) is 67.3 Å². The molecule has 3 fully saturated rings. The zero-order valence-corrected chi connectivity index (χ0v) is 22.8. The first kappa shape index (κ1) is 25.4. The number of carbonyl (C=O) groups is 1. The number of aromatic nitrogens is 2. The van der Waals surface area contributed by atoms with E-state index in [2.05, 4.69) is 20.2 Å². The van der Waals surface area contributed by atoms with Crippen molar-refractivity contribution in [2.24, 2.45) is 5.92 Å². The van der Waals surface area contributed by atoms with Gasteiger partial charge in [-0.05, 0) is 36.8 Å². The summed E-state index contributed by atoms with van der Waals surface area (Å²) in [5, 5.41) is 4.49. The molecule has 2 aromatic heterocycles. The molecule has 0 saturated carbocycles. The third-order valence-electron chi connectivity index (χ3n) is 9.10. The lowest BCUT2D eigenvalue weighted by atomic mass is 9.90. The van der Waals surface area contributed by atoms with Crippen molar-refractivity contribution in [1.82, 2.24) is 19.4 Å². The van der Waals surface area contributed by atoms with E-state index in [0.717, 1.165) is 50.4 Å². The van der Waals surface area contributed by atoms with E-state index < -0.39 is 5.82 Å². The Morgan fingerprint density at radius 1 is 1.18 bits per heavy atom. The number of nitrogen functional groups attached to an aromatic ring is 1. The molecule has 40 heavy (non-hydrogen) atoms. The van der Waals surface area contributed by atoms with E-state index in [1.165, 1.54) is 0 Å². The molecule has 4 aliphatic heterocycles. The highest BCUT2D eigenvalue weighted by Gasteiger charge is 2.51. The van der Waals surface area contributed by atoms with Crippen LogP contribution < -0.4 is 20.3 Å². The number of nitrogens with zero attached hydrogens (tertiary/aromatic N) is 4. The van der Waals surface area contributed by atoms with Crippen LogP contribution in [0.4, 0.5) is 26.4 Å². The van der Waals surface area contributed by atoms with E-state index in [1.807, 2.05) is 20.0 Å². The number of likely N-dealkylation sites (tertiary alicyclic amines) is 1. The Balaban J connectivity index is 1.25. The molecule has 7 rings (SSSR count). The van der Waals surface area contributed by atoms with Crippen LogP contribution in [0, 0.1) is 18.7 Å². The van der Waals surface area contributed by atoms with Gasteiger partial charge in [-0.1, -0.05) is 0 Å². The molecule has 3 saturated heterocycles. The van der Waals surface area contributed by atoms with Gasteiger partial charge in [-0.15, -0.1) is 0 Å². The Hall–Kier alpha value is -3.54. The molecule has 6 heterocycles. The summed E-state index contributed by atoms with van der Waals surface area (Å²) in [7, 11) is 1.85. The minimum atomic E-state index is -0.526. The minimum absolute atomic E-state index is 0.0125. The van der Waals surface area contributed by atoms with Crippen molar-refractivity contribution in [3.8, 4) is 17.0 Å². The summed E-state index contributed by atoms with van der Waals surface area (Å²) in [6, 6.07) is 4.03. The maximum absolute atomic E-state index is 15.6. The van der Waals surface area contributed by atoms with Crippen molar-refractivity contribution >= 4 is 34.1 Å². The van der Waals surface area contributed by atoms with Crippen molar-refractivity contribution < 1.29 is 23.4 Å². The number of pyridine rings is 2. The van der Waals surface area contributed by atoms with E-state index in [4.69, 9.17) is 19.9 Å². The van der Waals surface area contributed by atoms with Crippen LogP contribution in [-0.2, 0) is 9.47 Å². The average Bonchev–Trinajstić information content (AvgIpc) is 3.51. The highest BCUT2D eigenvalue weighted by molar-refractivity contribution is 5.99. The Morgan fingerprint density at radius 2 is 2.05 bits per heavy atom. The van der Waals surface area contributed by atoms with Crippen molar-refractivity contribution in [1.29, 1.82) is 0 Å². The number of amides is 1. The summed E-state index contributed by atoms with van der Waals surface area (Å²) in [4.78, 5) is 24.9. The normalized spacial score (nSPS) is 28.4. The largest absolute Gasteiger partial charge is 0.522 e. The van der Waals surface area contributed by atoms with Crippen LogP contribution in [0.3, 0.4) is 0 Å². The van der Waals surface area contributed by atoms with Crippen molar-refractivity contribution in [2.45, 2.75) is 31.9 Å². The molecule has 3 N–H and O–H groups in total. The average molecular weight is 550 g/mol. The molecular weight excluding hydrogens is 515 g/mol. The van der Waals surface area contributed by atoms with Crippen LogP contribution in [0.25, 0.3) is 21.9 Å². The van der Waals surface area contributed by atoms with Crippen LogP contribution in [0.5, 0.6) is 5.88 Å². The SMILES string of the molecule is Cc1c(-c2cc3cc([N+]4(C)C[C@@H]5CN(C6CCOC6)CC[C@@H]5OC4=O)ncc3c(N)c2F)cnc2c1NCCO2. The van der Waals surface area contributed by atoms with Gasteiger partial charge in [0.1, 0.15) is 24.9 Å². The molecule has 210 valence electrons. The highest BCUT2D eigenvalue weighted by Crippen LogP contribution is 2.41. The van der Waals surface area contributed by atoms with Gasteiger partial charge in [0.2, 0.25) is 11.7 Å². The Labute approximate surface area is 231 Å². The second-order valence-electron chi connectivity index (χ2n) is 11.5. The Morgan fingerprint density at radius 3 is 2.88 bits per heavy atom. The third kappa shape index (κ3) is 3.98. The van der Waals surface area contributed by atoms with Crippen LogP contribution >= 0.6 is 0 Å². The maximum atomic E-state index is 15.6. The van der Waals surface area contributed by atoms with Gasteiger partial charge < -0.3 is 25.3 Å². The van der Waals surface area contributed by atoms with Crippen molar-refractivity contribution in [3.63, 3.8) is 0 Å². The number of ether oxygens (including phenoxy) is 3. The molecule has 0 aliphatic carbocycles. The lowest BCUT2D eigenvalue weighted by Crippen LogP contribution is -2.65. The summed E-state index contributed by atoms with van der Waals surface area (Å²) in [6.45, 7) is 7.00. The number of nitrogens with one attached hydrogen (secondary N) is 1. The van der Waals surface area contributed by atoms with E-state index in [-0.39, 0.29) is 28.3 Å². The molecule has 1 aromatic carbocycles. The number of halogens is 1. The number of nitrogens with two attached hydrogens (primary N) is 1. The summed E-state index contributed by atoms with van der Waals surface area (Å²) < 4.78 is 32.8. The van der Waals surface area contributed by atoms with E-state index in [1.54, 1.807) is 18.5 Å². The molecule has 11 heteroatoms. The lowest BCUT2D eigenvalue weighted by Gasteiger charge is -2.46. The van der Waals surface area contributed by atoms with Gasteiger partial charge in [-0.2, -0.15) is 9.28 Å². The lowest BCUT2D eigenvalue weighted by molar-refractivity contribution is -0.0506. The maximum Gasteiger partial charge on any atom is 0.522 e. The summed E-state index contributed by atoms with van der Waals surface area (Å²) >= 11 is 0. The third-order valence-corrected chi connectivity index (χ3v) is 9.10. The highest BCUT2D eigenvalue weighted by atomic mass is 19.1. The zero-order valence-electron chi connectivity index (χ0n) is 22.8. The molecule has 4 aliphatic rings. The number of piperidine rings is 1. The Bertz CT molecular complexity index is 1510. The van der Waals surface area contributed by atoms with Gasteiger partial charge in [0.05, 0.1) is 25.3 Å². The molecule has 4 atom stereocenters. The fourth-order valence-corrected chi connectivity index (χ4v) is 6.73. The molecule has 10 nitrogen and oxygen atoms in total. The molecule has 2 unspecified atom stereocenters. The van der Waals surface area contributed by atoms with E-state index in [0.29, 0.717) is 59.3 Å². The van der Waals surface area contributed by atoms with Gasteiger partial charge in [0.25, 0.3) is 0 Å². The topological polar surface area (TPSA) is 112 Å². The monoisotopic (exact) mass is 549 g/mol. The van der Waals surface area contributed by atoms with Crippen LogP contribution in [0.1, 0.15) is 18.4 Å². The van der Waals surface area contributed by atoms with Gasteiger partial charge in [-0.3, -0.25) is 4.90 Å². The predicted octanol–water partition coefficient (Wildman–Crippen LogP) is 3.70. The number of hydrogen-bond acceptors (Lipinski definition) is 9. The van der Waals surface area contributed by atoms with E-state index >= 15 is 4.39 Å². The van der Waals surface area contributed by atoms with Gasteiger partial charge in [0.15, 0.2) is 5.82 Å². The number of carbonyl (C=O) groups excluding carboxylic acids is 1. The quantitative estimate of drug-likeness (QED) is 0.373. The van der Waals surface area contributed by atoms with Crippen molar-refractivity contribution in [2.75, 3.05) is 64.1 Å². The summed E-state index contributed by atoms with van der Waals surface area (Å²) in [5.74, 6) is 0.712. The molecule has 0 bridgehead atoms. The summed E-state index contributed by atoms with van der Waals surface area (Å²) in [5.41, 5.74) is 8.87. The van der Waals surface area contributed by atoms with E-state index in [9.17, 15) is 4.79 Å². The standard InChI is InChI=1S/C29H34FN6O4/c1-16-21(11-34-28-27(16)32-5-8-39-28)20-9-17-10-24(33-12-22(17)26(31)25(20)30)36(2)14-18-13-35(19-4-7-38-15-19)6-3-23(18)40-29(36)37/h9-12,18-19,23,32H,3-8,13-15,31H2,1-2H3/q+1/t18-,19?,23-,36?/m0/s1. The smallest absolute Gasteiger partial charge is 0.474 e. The first-order chi connectivity index (χ1) is 19.3. The molecule has 3 aromatic rings. The fourth-order valence-electron chi connectivity index (χ4n) is 6.73. The number of rotatable bonds is 3. The van der Waals surface area contributed by atoms with Crippen LogP contribution in [-0.4, -0.2) is 86.2 Å². The number of anilines is 2. The molecule has 1 amide bonds. The summed E-state index contributed by atoms with van der Waals surface area (Å²) in [6.07, 6.45) is 4.64. The van der Waals surface area contributed by atoms with Gasteiger partial charge >= 0.3 is 6.09 Å². The van der Waals surface area contributed by atoms with Crippen molar-refractivity contribution in [3.05, 3.63) is 35.9 Å². The molecular formula is C29H34FN6O4+. The number of benzene rings is 1. The fraction of sp³-hybridized carbons (Fsp3) is 0.483. The van der Waals surface area contributed by atoms with Crippen LogP contribution in [0.15, 0.2) is 24.5 Å². The molecule has 0 spiro atoms. The molecule has 0 radical (unpaired) electrons. The number of quaternary nitrogens is 1. The number of fused-ring (bicyclic) bond motifs is 3. The van der Waals surface area contributed by atoms with Gasteiger partial charge in [-0.25, -0.2) is 14.4 Å². The Kier molecular flexibility index (Phi) is 6.06. The zero-order chi connectivity index (χ0) is 27.6.